The van der Waals surface area contributed by atoms with Gasteiger partial charge in [-0.05, 0) is 68.9 Å². The van der Waals surface area contributed by atoms with Gasteiger partial charge in [0.15, 0.2) is 11.5 Å². The Morgan fingerprint density at radius 3 is 2.51 bits per heavy atom. The molecule has 37 heavy (non-hydrogen) atoms. The average molecular weight is 526 g/mol. The monoisotopic (exact) mass is 525 g/mol. The number of anilines is 3. The number of aliphatic hydroxyl groups is 1. The summed E-state index contributed by atoms with van der Waals surface area (Å²) < 4.78 is 4.23. The van der Waals surface area contributed by atoms with Gasteiger partial charge >= 0.3 is 0 Å². The lowest BCUT2D eigenvalue weighted by atomic mass is 9.97. The zero-order valence-corrected chi connectivity index (χ0v) is 22.7. The van der Waals surface area contributed by atoms with E-state index in [2.05, 4.69) is 25.0 Å². The first-order chi connectivity index (χ1) is 17.6. The van der Waals surface area contributed by atoms with Crippen molar-refractivity contribution in [3.05, 3.63) is 59.0 Å². The number of carbonyl (C=O) groups excluding carboxylic acids is 2. The number of nitrogens with two attached hydrogens (primary N) is 1. The van der Waals surface area contributed by atoms with E-state index in [-0.39, 0.29) is 23.5 Å². The second-order valence-electron chi connectivity index (χ2n) is 9.14. The molecule has 10 nitrogen and oxygen atoms in total. The van der Waals surface area contributed by atoms with Crippen LogP contribution in [0.15, 0.2) is 36.5 Å². The van der Waals surface area contributed by atoms with Gasteiger partial charge in [-0.25, -0.2) is 9.97 Å². The van der Waals surface area contributed by atoms with E-state index in [9.17, 15) is 14.7 Å². The van der Waals surface area contributed by atoms with Gasteiger partial charge in [0.25, 0.3) is 11.8 Å². The van der Waals surface area contributed by atoms with Crippen molar-refractivity contribution in [1.29, 1.82) is 0 Å². The Kier molecular flexibility index (Phi) is 9.17. The van der Waals surface area contributed by atoms with E-state index < -0.39 is 11.5 Å². The summed E-state index contributed by atoms with van der Waals surface area (Å²) in [6.07, 6.45) is 3.23. The van der Waals surface area contributed by atoms with E-state index in [0.717, 1.165) is 35.6 Å². The summed E-state index contributed by atoms with van der Waals surface area (Å²) >= 11 is 1.26. The number of carbonyl (C=O) groups is 2. The summed E-state index contributed by atoms with van der Waals surface area (Å²) in [6, 6.07) is 8.73. The second kappa shape index (κ2) is 12.1. The van der Waals surface area contributed by atoms with E-state index in [1.54, 1.807) is 38.1 Å². The van der Waals surface area contributed by atoms with Gasteiger partial charge in [0, 0.05) is 24.7 Å². The predicted octanol–water partition coefficient (Wildman–Crippen LogP) is 3.74. The lowest BCUT2D eigenvalue weighted by Crippen LogP contribution is -2.48. The molecule has 1 aromatic carbocycles. The fraction of sp³-hybridized carbons (Fsp3) is 0.423. The van der Waals surface area contributed by atoms with E-state index >= 15 is 0 Å². The quantitative estimate of drug-likeness (QED) is 0.365. The van der Waals surface area contributed by atoms with Crippen molar-refractivity contribution >= 4 is 40.0 Å². The lowest BCUT2D eigenvalue weighted by Gasteiger charge is -2.34. The fourth-order valence-electron chi connectivity index (χ4n) is 3.94. The number of rotatable bonds is 7. The van der Waals surface area contributed by atoms with Gasteiger partial charge in [-0.1, -0.05) is 26.0 Å². The average Bonchev–Trinajstić information content (AvgIpc) is 3.29. The van der Waals surface area contributed by atoms with Crippen molar-refractivity contribution in [2.45, 2.75) is 59.1 Å². The minimum absolute atomic E-state index is 0.0520. The van der Waals surface area contributed by atoms with Crippen LogP contribution in [0.4, 0.5) is 16.6 Å². The Labute approximate surface area is 221 Å². The normalized spacial score (nSPS) is 15.4. The number of nitrogens with one attached hydrogen (secondary N) is 2. The summed E-state index contributed by atoms with van der Waals surface area (Å²) in [5, 5.41) is 17.0. The third-order valence-corrected chi connectivity index (χ3v) is 6.59. The smallest absolute Gasteiger partial charge is 0.271 e. The Morgan fingerprint density at radius 2 is 1.92 bits per heavy atom. The highest BCUT2D eigenvalue weighted by atomic mass is 32.1. The van der Waals surface area contributed by atoms with Gasteiger partial charge < -0.3 is 26.4 Å². The first kappa shape index (κ1) is 28.0. The fourth-order valence-corrected chi connectivity index (χ4v) is 4.60. The summed E-state index contributed by atoms with van der Waals surface area (Å²) in [5.41, 5.74) is 6.72. The number of aryl methyl sites for hydroxylation is 1. The van der Waals surface area contributed by atoms with Crippen molar-refractivity contribution in [2.24, 2.45) is 5.73 Å². The highest BCUT2D eigenvalue weighted by molar-refractivity contribution is 7.10. The molecule has 3 heterocycles. The topological polar surface area (TPSA) is 146 Å². The van der Waals surface area contributed by atoms with Crippen LogP contribution < -0.4 is 21.3 Å². The molecule has 1 aliphatic heterocycles. The Morgan fingerprint density at radius 1 is 1.22 bits per heavy atom. The number of benzene rings is 1. The molecule has 1 saturated heterocycles. The molecule has 1 fully saturated rings. The third kappa shape index (κ3) is 7.23. The number of aromatic nitrogens is 3. The standard InChI is InChI=1S/C24H29N7O3S.C2H6/c1-14-11-19(35-30-14)29-22-20(21(25)32)26-12-18(28-22)31-10-4-5-17(13-31)27-23(33)15-6-8-16(9-7-15)24(2,3)34;1-2/h6-9,11-12,17,34H,4-5,10,13H2,1-3H3,(H2,25,32)(H,27,33)(H,28,29);1-2H3/t17-;/m1./s1. The molecule has 0 radical (unpaired) electrons. The number of nitrogens with zero attached hydrogens (tertiary/aromatic N) is 4. The molecule has 0 bridgehead atoms. The Hall–Kier alpha value is -3.57. The number of hydrogen-bond donors (Lipinski definition) is 4. The van der Waals surface area contributed by atoms with Crippen LogP contribution in [-0.2, 0) is 5.60 Å². The molecule has 3 aromatic rings. The number of amides is 2. The van der Waals surface area contributed by atoms with E-state index in [4.69, 9.17) is 5.73 Å². The van der Waals surface area contributed by atoms with Gasteiger partial charge in [-0.3, -0.25) is 9.59 Å². The van der Waals surface area contributed by atoms with Crippen LogP contribution in [-0.4, -0.2) is 50.4 Å². The minimum atomic E-state index is -0.962. The number of piperidine rings is 1. The van der Waals surface area contributed by atoms with Crippen LogP contribution >= 0.6 is 11.5 Å². The maximum atomic E-state index is 12.8. The summed E-state index contributed by atoms with van der Waals surface area (Å²) in [6.45, 7) is 10.6. The van der Waals surface area contributed by atoms with Crippen molar-refractivity contribution in [2.75, 3.05) is 23.3 Å². The number of primary amides is 1. The maximum Gasteiger partial charge on any atom is 0.271 e. The van der Waals surface area contributed by atoms with Gasteiger partial charge in [-0.2, -0.15) is 4.37 Å². The molecular weight excluding hydrogens is 490 g/mol. The van der Waals surface area contributed by atoms with Crippen LogP contribution in [0.3, 0.4) is 0 Å². The molecule has 2 aromatic heterocycles. The van der Waals surface area contributed by atoms with Crippen LogP contribution in [0, 0.1) is 6.92 Å². The Bertz CT molecular complexity index is 1220. The molecule has 4 rings (SSSR count). The SMILES string of the molecule is CC.Cc1cc(Nc2nc(N3CCC[C@@H](NC(=O)c4ccc(C(C)(C)O)cc4)C3)cnc2C(N)=O)sn1. The molecule has 0 unspecified atom stereocenters. The summed E-state index contributed by atoms with van der Waals surface area (Å²) in [7, 11) is 0. The maximum absolute atomic E-state index is 12.8. The van der Waals surface area contributed by atoms with E-state index in [1.807, 2.05) is 31.7 Å². The van der Waals surface area contributed by atoms with Crippen molar-refractivity contribution in [3.63, 3.8) is 0 Å². The molecule has 1 aliphatic rings. The lowest BCUT2D eigenvalue weighted by molar-refractivity contribution is 0.0783. The molecule has 198 valence electrons. The van der Waals surface area contributed by atoms with Gasteiger partial charge in [-0.15, -0.1) is 0 Å². The molecule has 0 saturated carbocycles. The largest absolute Gasteiger partial charge is 0.386 e. The van der Waals surface area contributed by atoms with Crippen molar-refractivity contribution in [3.8, 4) is 0 Å². The summed E-state index contributed by atoms with van der Waals surface area (Å²) in [4.78, 5) is 35.6. The first-order valence-electron chi connectivity index (χ1n) is 12.4. The van der Waals surface area contributed by atoms with E-state index in [0.29, 0.717) is 17.9 Å². The van der Waals surface area contributed by atoms with Crippen LogP contribution in [0.2, 0.25) is 0 Å². The summed E-state index contributed by atoms with van der Waals surface area (Å²) in [5.74, 6) is 0.0216. The van der Waals surface area contributed by atoms with Crippen LogP contribution in [0.1, 0.15) is 72.6 Å². The Balaban J connectivity index is 0.00000186. The zero-order valence-electron chi connectivity index (χ0n) is 21.9. The molecule has 0 spiro atoms. The van der Waals surface area contributed by atoms with Crippen LogP contribution in [0.5, 0.6) is 0 Å². The van der Waals surface area contributed by atoms with Crippen LogP contribution in [0.25, 0.3) is 0 Å². The second-order valence-corrected chi connectivity index (χ2v) is 9.95. The predicted molar refractivity (Wildman–Crippen MR) is 146 cm³/mol. The van der Waals surface area contributed by atoms with Gasteiger partial charge in [0.05, 0.1) is 17.5 Å². The number of hydrogen-bond acceptors (Lipinski definition) is 9. The molecule has 0 aliphatic carbocycles. The van der Waals surface area contributed by atoms with Crippen molar-refractivity contribution < 1.29 is 14.7 Å². The highest BCUT2D eigenvalue weighted by Gasteiger charge is 2.25. The molecule has 5 N–H and O–H groups in total. The van der Waals surface area contributed by atoms with E-state index in [1.165, 1.54) is 17.7 Å². The molecule has 1 atom stereocenters. The van der Waals surface area contributed by atoms with Gasteiger partial charge in [0.2, 0.25) is 0 Å². The highest BCUT2D eigenvalue weighted by Crippen LogP contribution is 2.26. The first-order valence-corrected chi connectivity index (χ1v) is 13.1. The van der Waals surface area contributed by atoms with Crippen molar-refractivity contribution in [1.82, 2.24) is 19.7 Å². The van der Waals surface area contributed by atoms with Gasteiger partial charge in [0.1, 0.15) is 10.8 Å². The molecule has 2 amide bonds. The third-order valence-electron chi connectivity index (χ3n) is 5.80. The molecular formula is C26H35N7O3S. The zero-order chi connectivity index (χ0) is 27.2. The minimum Gasteiger partial charge on any atom is -0.386 e. The molecule has 11 heteroatoms.